The first kappa shape index (κ1) is 18.5. The molecule has 136 valence electrons. The van der Waals surface area contributed by atoms with E-state index in [4.69, 9.17) is 9.47 Å². The van der Waals surface area contributed by atoms with Crippen LogP contribution in [-0.4, -0.2) is 5.90 Å². The number of hydrogen-bond acceptors (Lipinski definition) is 3. The van der Waals surface area contributed by atoms with E-state index in [1.54, 1.807) is 6.26 Å². The first-order valence-corrected chi connectivity index (χ1v) is 9.04. The molecule has 0 fully saturated rings. The second-order valence-corrected chi connectivity index (χ2v) is 6.09. The summed E-state index contributed by atoms with van der Waals surface area (Å²) in [7, 11) is 0. The van der Waals surface area contributed by atoms with Gasteiger partial charge < -0.3 is 9.47 Å². The van der Waals surface area contributed by atoms with Gasteiger partial charge in [-0.05, 0) is 55.3 Å². The first-order chi connectivity index (χ1) is 13.2. The molecular formula is C24H23NO2. The van der Waals surface area contributed by atoms with Gasteiger partial charge in [-0.3, -0.25) is 0 Å². The number of aryl methyl sites for hydroxylation is 1. The number of para-hydroxylation sites is 2. The predicted octanol–water partition coefficient (Wildman–Crippen LogP) is 6.34. The molecule has 0 aromatic heterocycles. The Bertz CT molecular complexity index is 915. The molecule has 3 aromatic rings. The highest BCUT2D eigenvalue weighted by molar-refractivity contribution is 5.96. The molecule has 0 amide bonds. The van der Waals surface area contributed by atoms with E-state index in [2.05, 4.69) is 18.0 Å². The zero-order valence-electron chi connectivity index (χ0n) is 15.6. The Kier molecular flexibility index (Phi) is 6.42. The van der Waals surface area contributed by atoms with E-state index in [1.165, 1.54) is 5.56 Å². The van der Waals surface area contributed by atoms with Crippen LogP contribution in [-0.2, 0) is 6.42 Å². The van der Waals surface area contributed by atoms with Crippen LogP contribution in [0.5, 0.6) is 11.5 Å². The Balaban J connectivity index is 1.85. The third-order valence-corrected chi connectivity index (χ3v) is 3.96. The van der Waals surface area contributed by atoms with Crippen LogP contribution in [0.4, 0.5) is 5.69 Å². The zero-order valence-corrected chi connectivity index (χ0v) is 15.6. The Morgan fingerprint density at radius 2 is 1.52 bits per heavy atom. The molecule has 0 saturated heterocycles. The van der Waals surface area contributed by atoms with Gasteiger partial charge in [-0.1, -0.05) is 55.5 Å². The Morgan fingerprint density at radius 1 is 0.852 bits per heavy atom. The molecule has 3 heteroatoms. The third-order valence-electron chi connectivity index (χ3n) is 3.96. The molecule has 3 nitrogen and oxygen atoms in total. The molecule has 0 radical (unpaired) electrons. The SMILES string of the molecule is CCc1cccc(OC=C(C)/C(=N\c2ccccc2)Oc2ccccc2)c1. The molecular weight excluding hydrogens is 334 g/mol. The molecule has 0 atom stereocenters. The number of hydrogen-bond donors (Lipinski definition) is 0. The highest BCUT2D eigenvalue weighted by atomic mass is 16.5. The fourth-order valence-electron chi connectivity index (χ4n) is 2.46. The fraction of sp³-hybridized carbons (Fsp3) is 0.125. The van der Waals surface area contributed by atoms with E-state index in [-0.39, 0.29) is 0 Å². The van der Waals surface area contributed by atoms with Gasteiger partial charge in [0.1, 0.15) is 11.5 Å². The van der Waals surface area contributed by atoms with Gasteiger partial charge in [-0.25, -0.2) is 4.99 Å². The van der Waals surface area contributed by atoms with Crippen molar-refractivity contribution >= 4 is 11.6 Å². The van der Waals surface area contributed by atoms with Crippen LogP contribution in [0.25, 0.3) is 0 Å². The van der Waals surface area contributed by atoms with Crippen LogP contribution in [0, 0.1) is 0 Å². The number of ether oxygens (including phenoxy) is 2. The molecule has 0 unspecified atom stereocenters. The number of nitrogens with zero attached hydrogens (tertiary/aromatic N) is 1. The van der Waals surface area contributed by atoms with Crippen molar-refractivity contribution in [1.82, 2.24) is 0 Å². The van der Waals surface area contributed by atoms with Crippen molar-refractivity contribution in [2.24, 2.45) is 4.99 Å². The van der Waals surface area contributed by atoms with Gasteiger partial charge in [0.15, 0.2) is 0 Å². The normalized spacial score (nSPS) is 11.9. The van der Waals surface area contributed by atoms with Gasteiger partial charge in [-0.15, -0.1) is 0 Å². The predicted molar refractivity (Wildman–Crippen MR) is 111 cm³/mol. The van der Waals surface area contributed by atoms with Crippen molar-refractivity contribution in [3.63, 3.8) is 0 Å². The van der Waals surface area contributed by atoms with Crippen molar-refractivity contribution in [2.75, 3.05) is 0 Å². The van der Waals surface area contributed by atoms with E-state index in [1.807, 2.05) is 85.8 Å². The van der Waals surface area contributed by atoms with E-state index in [9.17, 15) is 0 Å². The summed E-state index contributed by atoms with van der Waals surface area (Å²) in [6.07, 6.45) is 2.65. The molecule has 0 spiro atoms. The minimum Gasteiger partial charge on any atom is -0.465 e. The van der Waals surface area contributed by atoms with Gasteiger partial charge in [0, 0.05) is 5.57 Å². The molecule has 0 heterocycles. The summed E-state index contributed by atoms with van der Waals surface area (Å²) < 4.78 is 11.9. The van der Waals surface area contributed by atoms with Crippen LogP contribution in [0.3, 0.4) is 0 Å². The van der Waals surface area contributed by atoms with Crippen LogP contribution >= 0.6 is 0 Å². The van der Waals surface area contributed by atoms with Crippen molar-refractivity contribution in [1.29, 1.82) is 0 Å². The molecule has 0 bridgehead atoms. The molecule has 0 aliphatic carbocycles. The molecule has 27 heavy (non-hydrogen) atoms. The van der Waals surface area contributed by atoms with Crippen LogP contribution in [0.1, 0.15) is 19.4 Å². The second-order valence-electron chi connectivity index (χ2n) is 6.09. The van der Waals surface area contributed by atoms with E-state index in [0.717, 1.165) is 29.2 Å². The van der Waals surface area contributed by atoms with Crippen molar-refractivity contribution < 1.29 is 9.47 Å². The second kappa shape index (κ2) is 9.39. The molecule has 3 rings (SSSR count). The summed E-state index contributed by atoms with van der Waals surface area (Å²) in [6.45, 7) is 4.05. The number of aliphatic imine (C=N–C) groups is 1. The van der Waals surface area contributed by atoms with Gasteiger partial charge in [-0.2, -0.15) is 0 Å². The maximum atomic E-state index is 6.02. The average Bonchev–Trinajstić information content (AvgIpc) is 2.73. The summed E-state index contributed by atoms with van der Waals surface area (Å²) in [6, 6.07) is 27.4. The lowest BCUT2D eigenvalue weighted by atomic mass is 10.2. The van der Waals surface area contributed by atoms with Crippen molar-refractivity contribution in [3.05, 3.63) is 102 Å². The molecule has 0 aliphatic rings. The lowest BCUT2D eigenvalue weighted by Gasteiger charge is -2.10. The highest BCUT2D eigenvalue weighted by Gasteiger charge is 2.07. The molecule has 0 N–H and O–H groups in total. The third kappa shape index (κ3) is 5.58. The minimum absolute atomic E-state index is 0.499. The van der Waals surface area contributed by atoms with Gasteiger partial charge in [0.2, 0.25) is 5.90 Å². The minimum atomic E-state index is 0.499. The molecule has 3 aromatic carbocycles. The summed E-state index contributed by atoms with van der Waals surface area (Å²) in [4.78, 5) is 4.65. The first-order valence-electron chi connectivity index (χ1n) is 9.04. The fourth-order valence-corrected chi connectivity index (χ4v) is 2.46. The lowest BCUT2D eigenvalue weighted by molar-refractivity contribution is 0.473. The van der Waals surface area contributed by atoms with E-state index >= 15 is 0 Å². The summed E-state index contributed by atoms with van der Waals surface area (Å²) in [5.41, 5.74) is 2.85. The zero-order chi connectivity index (χ0) is 18.9. The maximum Gasteiger partial charge on any atom is 0.225 e. The highest BCUT2D eigenvalue weighted by Crippen LogP contribution is 2.19. The molecule has 0 saturated carbocycles. The Morgan fingerprint density at radius 3 is 2.22 bits per heavy atom. The summed E-state index contributed by atoms with van der Waals surface area (Å²) in [5, 5.41) is 0. The smallest absolute Gasteiger partial charge is 0.225 e. The number of rotatable bonds is 6. The largest absolute Gasteiger partial charge is 0.465 e. The summed E-state index contributed by atoms with van der Waals surface area (Å²) in [5.74, 6) is 2.03. The van der Waals surface area contributed by atoms with Crippen LogP contribution in [0.2, 0.25) is 0 Å². The maximum absolute atomic E-state index is 6.02. The lowest BCUT2D eigenvalue weighted by Crippen LogP contribution is -2.10. The standard InChI is InChI=1S/C24H23NO2/c1-3-20-11-10-16-23(17-20)26-18-19(2)24(25-21-12-6-4-7-13-21)27-22-14-8-5-9-15-22/h4-18H,3H2,1-2H3/b19-18?,25-24+. The van der Waals surface area contributed by atoms with Crippen molar-refractivity contribution in [3.8, 4) is 11.5 Å². The van der Waals surface area contributed by atoms with Gasteiger partial charge >= 0.3 is 0 Å². The topological polar surface area (TPSA) is 30.8 Å². The average molecular weight is 357 g/mol. The number of benzene rings is 3. The van der Waals surface area contributed by atoms with Crippen LogP contribution < -0.4 is 9.47 Å². The van der Waals surface area contributed by atoms with E-state index < -0.39 is 0 Å². The van der Waals surface area contributed by atoms with E-state index in [0.29, 0.717) is 5.90 Å². The summed E-state index contributed by atoms with van der Waals surface area (Å²) >= 11 is 0. The molecule has 0 aliphatic heterocycles. The quantitative estimate of drug-likeness (QED) is 0.293. The monoisotopic (exact) mass is 357 g/mol. The Hall–Kier alpha value is -3.33. The van der Waals surface area contributed by atoms with Gasteiger partial charge in [0.05, 0.1) is 11.9 Å². The van der Waals surface area contributed by atoms with Crippen molar-refractivity contribution in [2.45, 2.75) is 20.3 Å². The van der Waals surface area contributed by atoms with Gasteiger partial charge in [0.25, 0.3) is 0 Å². The van der Waals surface area contributed by atoms with Crippen LogP contribution in [0.15, 0.2) is 102 Å². The Labute approximate surface area is 160 Å².